The summed E-state index contributed by atoms with van der Waals surface area (Å²) in [5.41, 5.74) is 2.61. The van der Waals surface area contributed by atoms with Crippen LogP contribution in [0.4, 0.5) is 5.82 Å². The zero-order valence-corrected chi connectivity index (χ0v) is 19.9. The summed E-state index contributed by atoms with van der Waals surface area (Å²) in [7, 11) is 1.64. The molecule has 3 heterocycles. The van der Waals surface area contributed by atoms with Crippen LogP contribution in [-0.2, 0) is 11.3 Å². The lowest BCUT2D eigenvalue weighted by atomic mass is 9.96. The summed E-state index contributed by atoms with van der Waals surface area (Å²) in [6.45, 7) is 7.75. The van der Waals surface area contributed by atoms with Crippen molar-refractivity contribution >= 4 is 38.8 Å². The Bertz CT molecular complexity index is 1130. The smallest absolute Gasteiger partial charge is 0.231 e. The van der Waals surface area contributed by atoms with Crippen LogP contribution in [0.3, 0.4) is 0 Å². The van der Waals surface area contributed by atoms with Crippen molar-refractivity contribution in [3.05, 3.63) is 45.4 Å². The Labute approximate surface area is 190 Å². The second kappa shape index (κ2) is 8.86. The Morgan fingerprint density at radius 2 is 2.13 bits per heavy atom. The molecule has 31 heavy (non-hydrogen) atoms. The van der Waals surface area contributed by atoms with Crippen LogP contribution in [0.25, 0.3) is 11.1 Å². The van der Waals surface area contributed by atoms with Gasteiger partial charge in [-0.05, 0) is 51.8 Å². The summed E-state index contributed by atoms with van der Waals surface area (Å²) >= 11 is 3.48. The van der Waals surface area contributed by atoms with Gasteiger partial charge in [0.2, 0.25) is 11.6 Å². The predicted octanol–water partition coefficient (Wildman–Crippen LogP) is 4.45. The van der Waals surface area contributed by atoms with Crippen molar-refractivity contribution in [3.63, 3.8) is 0 Å². The van der Waals surface area contributed by atoms with Gasteiger partial charge in [0.1, 0.15) is 23.2 Å². The number of carbonyl (C=O) groups is 1. The summed E-state index contributed by atoms with van der Waals surface area (Å²) in [6.07, 6.45) is 1.78. The molecule has 0 spiro atoms. The van der Waals surface area contributed by atoms with Gasteiger partial charge in [0, 0.05) is 35.2 Å². The van der Waals surface area contributed by atoms with Crippen LogP contribution < -0.4 is 15.0 Å². The van der Waals surface area contributed by atoms with E-state index in [1.165, 1.54) is 0 Å². The second-order valence-corrected chi connectivity index (χ2v) is 8.93. The number of methoxy groups -OCH3 is 1. The van der Waals surface area contributed by atoms with Crippen molar-refractivity contribution in [2.75, 3.05) is 25.1 Å². The standard InChI is InChI=1S/C23H27BrN4O3/c1-13-14(2)31-23-20(13)21(26-15(3)27-23)28-9-5-6-16(12-28)22(29)25-11-17-10-18(24)7-8-19(17)30-4/h7-8,10,16H,5-6,9,11-12H2,1-4H3,(H,25,29)/t16-/m1/s1. The summed E-state index contributed by atoms with van der Waals surface area (Å²) in [5, 5.41) is 4.04. The predicted molar refractivity (Wildman–Crippen MR) is 123 cm³/mol. The number of hydrogen-bond acceptors (Lipinski definition) is 6. The van der Waals surface area contributed by atoms with Crippen LogP contribution in [-0.4, -0.2) is 36.1 Å². The molecule has 1 aromatic carbocycles. The average molecular weight is 487 g/mol. The van der Waals surface area contributed by atoms with E-state index >= 15 is 0 Å². The van der Waals surface area contributed by atoms with E-state index in [0.717, 1.165) is 57.7 Å². The van der Waals surface area contributed by atoms with Gasteiger partial charge in [-0.2, -0.15) is 4.98 Å². The quantitative estimate of drug-likeness (QED) is 0.573. The molecule has 1 N–H and O–H groups in total. The first-order chi connectivity index (χ1) is 14.9. The third-order valence-electron chi connectivity index (χ3n) is 5.91. The van der Waals surface area contributed by atoms with Gasteiger partial charge in [0.15, 0.2) is 0 Å². The van der Waals surface area contributed by atoms with Crippen LogP contribution in [0.2, 0.25) is 0 Å². The highest BCUT2D eigenvalue weighted by Crippen LogP contribution is 2.33. The summed E-state index contributed by atoms with van der Waals surface area (Å²) in [5.74, 6) is 3.09. The fourth-order valence-electron chi connectivity index (χ4n) is 4.16. The third kappa shape index (κ3) is 4.39. The van der Waals surface area contributed by atoms with Crippen LogP contribution in [0.5, 0.6) is 5.75 Å². The normalized spacial score (nSPS) is 16.5. The molecule has 3 aromatic rings. The first-order valence-corrected chi connectivity index (χ1v) is 11.3. The monoisotopic (exact) mass is 486 g/mol. The highest BCUT2D eigenvalue weighted by Gasteiger charge is 2.29. The number of benzene rings is 1. The van der Waals surface area contributed by atoms with Crippen molar-refractivity contribution in [2.45, 2.75) is 40.2 Å². The molecule has 1 aliphatic heterocycles. The summed E-state index contributed by atoms with van der Waals surface area (Å²) in [6, 6.07) is 5.79. The zero-order valence-electron chi connectivity index (χ0n) is 18.3. The first-order valence-electron chi connectivity index (χ1n) is 10.5. The van der Waals surface area contributed by atoms with E-state index in [4.69, 9.17) is 14.1 Å². The Hall–Kier alpha value is -2.61. The number of fused-ring (bicyclic) bond motifs is 1. The number of ether oxygens (including phenoxy) is 1. The van der Waals surface area contributed by atoms with E-state index in [1.807, 2.05) is 39.0 Å². The fraction of sp³-hybridized carbons (Fsp3) is 0.435. The number of aryl methyl sites for hydroxylation is 3. The Kier molecular flexibility index (Phi) is 6.18. The van der Waals surface area contributed by atoms with E-state index < -0.39 is 0 Å². The number of amides is 1. The molecular formula is C23H27BrN4O3. The van der Waals surface area contributed by atoms with Gasteiger partial charge in [0.25, 0.3) is 0 Å². The summed E-state index contributed by atoms with van der Waals surface area (Å²) in [4.78, 5) is 24.4. The molecule has 164 valence electrons. The molecule has 0 aliphatic carbocycles. The molecule has 1 aliphatic rings. The van der Waals surface area contributed by atoms with E-state index in [-0.39, 0.29) is 11.8 Å². The number of furan rings is 1. The van der Waals surface area contributed by atoms with Gasteiger partial charge in [-0.15, -0.1) is 0 Å². The number of nitrogens with one attached hydrogen (secondary N) is 1. The van der Waals surface area contributed by atoms with Gasteiger partial charge in [0.05, 0.1) is 18.4 Å². The maximum absolute atomic E-state index is 13.0. The second-order valence-electron chi connectivity index (χ2n) is 8.02. The third-order valence-corrected chi connectivity index (χ3v) is 6.40. The van der Waals surface area contributed by atoms with Gasteiger partial charge >= 0.3 is 0 Å². The lowest BCUT2D eigenvalue weighted by molar-refractivity contribution is -0.125. The highest BCUT2D eigenvalue weighted by atomic mass is 79.9. The molecule has 0 bridgehead atoms. The molecule has 2 aromatic heterocycles. The topological polar surface area (TPSA) is 80.5 Å². The lowest BCUT2D eigenvalue weighted by Crippen LogP contribution is -2.43. The van der Waals surface area contributed by atoms with Gasteiger partial charge in [-0.3, -0.25) is 4.79 Å². The minimum atomic E-state index is -0.106. The molecule has 8 heteroatoms. The maximum Gasteiger partial charge on any atom is 0.231 e. The Balaban J connectivity index is 1.51. The van der Waals surface area contributed by atoms with Crippen LogP contribution in [0.1, 0.15) is 35.6 Å². The molecular weight excluding hydrogens is 460 g/mol. The van der Waals surface area contributed by atoms with Crippen molar-refractivity contribution in [1.82, 2.24) is 15.3 Å². The van der Waals surface area contributed by atoms with E-state index in [0.29, 0.717) is 24.6 Å². The van der Waals surface area contributed by atoms with Gasteiger partial charge < -0.3 is 19.4 Å². The molecule has 4 rings (SSSR count). The molecule has 7 nitrogen and oxygen atoms in total. The molecule has 0 unspecified atom stereocenters. The van der Waals surface area contributed by atoms with Crippen LogP contribution >= 0.6 is 15.9 Å². The number of nitrogens with zero attached hydrogens (tertiary/aromatic N) is 3. The Morgan fingerprint density at radius 1 is 1.32 bits per heavy atom. The summed E-state index contributed by atoms with van der Waals surface area (Å²) < 4.78 is 12.2. The number of halogens is 1. The Morgan fingerprint density at radius 3 is 2.90 bits per heavy atom. The van der Waals surface area contributed by atoms with Crippen LogP contribution in [0, 0.1) is 26.7 Å². The number of hydrogen-bond donors (Lipinski definition) is 1. The van der Waals surface area contributed by atoms with E-state index in [1.54, 1.807) is 7.11 Å². The van der Waals surface area contributed by atoms with Crippen molar-refractivity contribution < 1.29 is 13.9 Å². The molecule has 0 radical (unpaired) electrons. The molecule has 1 amide bonds. The lowest BCUT2D eigenvalue weighted by Gasteiger charge is -2.33. The fourth-order valence-corrected chi connectivity index (χ4v) is 4.57. The maximum atomic E-state index is 13.0. The minimum absolute atomic E-state index is 0.0499. The number of carbonyl (C=O) groups excluding carboxylic acids is 1. The number of rotatable bonds is 5. The molecule has 1 atom stereocenters. The molecule has 0 saturated carbocycles. The average Bonchev–Trinajstić information content (AvgIpc) is 3.04. The molecule has 1 saturated heterocycles. The van der Waals surface area contributed by atoms with E-state index in [9.17, 15) is 4.79 Å². The first kappa shape index (κ1) is 21.6. The molecule has 1 fully saturated rings. The van der Waals surface area contributed by atoms with Crippen molar-refractivity contribution in [1.29, 1.82) is 0 Å². The zero-order chi connectivity index (χ0) is 22.1. The van der Waals surface area contributed by atoms with Crippen LogP contribution in [0.15, 0.2) is 27.1 Å². The highest BCUT2D eigenvalue weighted by molar-refractivity contribution is 9.10. The van der Waals surface area contributed by atoms with Gasteiger partial charge in [-0.1, -0.05) is 15.9 Å². The minimum Gasteiger partial charge on any atom is -0.496 e. The SMILES string of the molecule is COc1ccc(Br)cc1CNC(=O)[C@@H]1CCCN(c2nc(C)nc3oc(C)c(C)c23)C1. The largest absolute Gasteiger partial charge is 0.496 e. The van der Waals surface area contributed by atoms with E-state index in [2.05, 4.69) is 31.1 Å². The van der Waals surface area contributed by atoms with Crippen molar-refractivity contribution in [2.24, 2.45) is 5.92 Å². The van der Waals surface area contributed by atoms with Crippen molar-refractivity contribution in [3.8, 4) is 5.75 Å². The number of anilines is 1. The number of piperidine rings is 1. The van der Waals surface area contributed by atoms with Gasteiger partial charge in [-0.25, -0.2) is 4.98 Å². The number of aromatic nitrogens is 2.